The van der Waals surface area contributed by atoms with Crippen molar-refractivity contribution in [1.29, 1.82) is 0 Å². The fraction of sp³-hybridized carbons (Fsp3) is 0.481. The molecular formula is C27H35N3O5. The highest BCUT2D eigenvalue weighted by molar-refractivity contribution is 6.01. The lowest BCUT2D eigenvalue weighted by atomic mass is 9.96. The number of carbonyl (C=O) groups excluding carboxylic acids is 2. The van der Waals surface area contributed by atoms with E-state index in [-0.39, 0.29) is 18.5 Å². The number of likely N-dealkylation sites (tertiary alicyclic amines) is 1. The summed E-state index contributed by atoms with van der Waals surface area (Å²) in [6.07, 6.45) is 3.00. The molecule has 0 aliphatic carbocycles. The highest BCUT2D eigenvalue weighted by Crippen LogP contribution is 2.25. The summed E-state index contributed by atoms with van der Waals surface area (Å²) >= 11 is 0. The lowest BCUT2D eigenvalue weighted by Gasteiger charge is -2.27. The van der Waals surface area contributed by atoms with Gasteiger partial charge in [0.05, 0.1) is 12.2 Å². The van der Waals surface area contributed by atoms with E-state index in [4.69, 9.17) is 9.47 Å². The highest BCUT2D eigenvalue weighted by Gasteiger charge is 2.31. The van der Waals surface area contributed by atoms with Gasteiger partial charge in [-0.3, -0.25) is 15.0 Å². The zero-order chi connectivity index (χ0) is 24.7. The van der Waals surface area contributed by atoms with Crippen LogP contribution in [0.2, 0.25) is 0 Å². The molecule has 3 amide bonds. The van der Waals surface area contributed by atoms with Crippen LogP contribution in [0, 0.1) is 6.92 Å². The third-order valence-corrected chi connectivity index (χ3v) is 6.58. The van der Waals surface area contributed by atoms with Crippen LogP contribution in [0.5, 0.6) is 11.5 Å². The molecule has 0 spiro atoms. The molecule has 188 valence electrons. The van der Waals surface area contributed by atoms with Crippen LogP contribution in [0.25, 0.3) is 0 Å². The molecule has 2 heterocycles. The zero-order valence-corrected chi connectivity index (χ0v) is 20.4. The third-order valence-electron chi connectivity index (χ3n) is 6.58. The van der Waals surface area contributed by atoms with Crippen LogP contribution < -0.4 is 14.8 Å². The fourth-order valence-electron chi connectivity index (χ4n) is 4.45. The molecule has 2 aliphatic rings. The largest absolute Gasteiger partial charge is 0.494 e. The average molecular weight is 482 g/mol. The number of urea groups is 1. The first-order chi connectivity index (χ1) is 16.9. The Bertz CT molecular complexity index is 995. The Morgan fingerprint density at radius 3 is 2.40 bits per heavy atom. The van der Waals surface area contributed by atoms with Gasteiger partial charge in [0.1, 0.15) is 24.7 Å². The summed E-state index contributed by atoms with van der Waals surface area (Å²) in [5.41, 5.74) is 1.58. The van der Waals surface area contributed by atoms with E-state index in [2.05, 4.69) is 22.3 Å². The predicted octanol–water partition coefficient (Wildman–Crippen LogP) is 3.11. The smallest absolute Gasteiger partial charge is 0.324 e. The summed E-state index contributed by atoms with van der Waals surface area (Å²) in [7, 11) is 0. The molecule has 4 rings (SSSR count). The molecule has 8 nitrogen and oxygen atoms in total. The molecule has 2 fully saturated rings. The Kier molecular flexibility index (Phi) is 8.25. The predicted molar refractivity (Wildman–Crippen MR) is 132 cm³/mol. The zero-order valence-electron chi connectivity index (χ0n) is 20.4. The van der Waals surface area contributed by atoms with Gasteiger partial charge in [0.25, 0.3) is 0 Å². The van der Waals surface area contributed by atoms with Crippen molar-refractivity contribution in [2.75, 3.05) is 39.4 Å². The number of hydrogen-bond acceptors (Lipinski definition) is 6. The van der Waals surface area contributed by atoms with Crippen LogP contribution in [0.4, 0.5) is 4.79 Å². The number of rotatable bonds is 10. The fourth-order valence-corrected chi connectivity index (χ4v) is 4.45. The number of aryl methyl sites for hydroxylation is 1. The molecular weight excluding hydrogens is 446 g/mol. The molecule has 2 saturated heterocycles. The molecule has 2 aromatic carbocycles. The van der Waals surface area contributed by atoms with E-state index in [0.29, 0.717) is 32.6 Å². The van der Waals surface area contributed by atoms with Gasteiger partial charge in [0.15, 0.2) is 0 Å². The van der Waals surface area contributed by atoms with E-state index in [1.165, 1.54) is 16.0 Å². The van der Waals surface area contributed by atoms with Gasteiger partial charge in [-0.25, -0.2) is 4.79 Å². The van der Waals surface area contributed by atoms with Gasteiger partial charge in [-0.15, -0.1) is 0 Å². The van der Waals surface area contributed by atoms with E-state index in [9.17, 15) is 14.7 Å². The van der Waals surface area contributed by atoms with Crippen LogP contribution in [-0.4, -0.2) is 71.8 Å². The molecule has 1 atom stereocenters. The van der Waals surface area contributed by atoms with E-state index in [0.717, 1.165) is 44.0 Å². The number of nitrogens with one attached hydrogen (secondary N) is 1. The summed E-state index contributed by atoms with van der Waals surface area (Å²) in [5, 5.41) is 13.3. The Balaban J connectivity index is 1.17. The van der Waals surface area contributed by atoms with E-state index < -0.39 is 5.60 Å². The average Bonchev–Trinajstić information content (AvgIpc) is 3.05. The summed E-state index contributed by atoms with van der Waals surface area (Å²) in [5.74, 6) is 1.33. The molecule has 8 heteroatoms. The van der Waals surface area contributed by atoms with E-state index in [1.54, 1.807) is 0 Å². The minimum Gasteiger partial charge on any atom is -0.494 e. The highest BCUT2D eigenvalue weighted by atomic mass is 16.5. The second-order valence-corrected chi connectivity index (χ2v) is 9.58. The van der Waals surface area contributed by atoms with Crippen LogP contribution >= 0.6 is 0 Å². The maximum atomic E-state index is 11.5. The van der Waals surface area contributed by atoms with Gasteiger partial charge in [-0.05, 0) is 69.0 Å². The number of nitrogens with zero attached hydrogens (tertiary/aromatic N) is 2. The lowest BCUT2D eigenvalue weighted by Crippen LogP contribution is -2.37. The van der Waals surface area contributed by atoms with Crippen molar-refractivity contribution >= 4 is 11.9 Å². The Morgan fingerprint density at radius 1 is 0.971 bits per heavy atom. The number of amides is 3. The first kappa shape index (κ1) is 25.0. The normalized spacial score (nSPS) is 21.0. The molecule has 0 bridgehead atoms. The van der Waals surface area contributed by atoms with Crippen molar-refractivity contribution in [2.24, 2.45) is 0 Å². The standard InChI is InChI=1S/C27H35N3O5/c1-21-4-8-24(9-5-21)35-20-27(33)12-2-14-29(16-13-27)18-22-6-10-23(11-7-22)34-17-3-15-30-19-25(31)28-26(30)32/h4-11,33H,2-3,12-20H2,1H3,(H,28,31,32). The summed E-state index contributed by atoms with van der Waals surface area (Å²) in [6.45, 7) is 6.04. The Labute approximate surface area is 206 Å². The lowest BCUT2D eigenvalue weighted by molar-refractivity contribution is -0.118. The number of carbonyl (C=O) groups is 2. The van der Waals surface area contributed by atoms with Crippen LogP contribution in [0.3, 0.4) is 0 Å². The molecule has 2 aliphatic heterocycles. The van der Waals surface area contributed by atoms with Crippen LogP contribution in [-0.2, 0) is 11.3 Å². The number of hydrogen-bond donors (Lipinski definition) is 2. The van der Waals surface area contributed by atoms with E-state index >= 15 is 0 Å². The number of benzene rings is 2. The van der Waals surface area contributed by atoms with Crippen molar-refractivity contribution in [3.63, 3.8) is 0 Å². The maximum absolute atomic E-state index is 11.5. The van der Waals surface area contributed by atoms with Crippen molar-refractivity contribution in [3.8, 4) is 11.5 Å². The summed E-state index contributed by atoms with van der Waals surface area (Å²) < 4.78 is 11.7. The van der Waals surface area contributed by atoms with Gasteiger partial charge < -0.3 is 19.5 Å². The van der Waals surface area contributed by atoms with Crippen molar-refractivity contribution in [1.82, 2.24) is 15.1 Å². The molecule has 35 heavy (non-hydrogen) atoms. The number of aliphatic hydroxyl groups is 1. The van der Waals surface area contributed by atoms with Gasteiger partial charge in [-0.1, -0.05) is 29.8 Å². The molecule has 2 N–H and O–H groups in total. The second kappa shape index (κ2) is 11.6. The van der Waals surface area contributed by atoms with E-state index in [1.807, 2.05) is 43.3 Å². The van der Waals surface area contributed by atoms with Gasteiger partial charge in [0.2, 0.25) is 5.91 Å². The minimum atomic E-state index is -0.805. The van der Waals surface area contributed by atoms with Gasteiger partial charge >= 0.3 is 6.03 Å². The van der Waals surface area contributed by atoms with Gasteiger partial charge in [-0.2, -0.15) is 0 Å². The first-order valence-electron chi connectivity index (χ1n) is 12.3. The van der Waals surface area contributed by atoms with Crippen molar-refractivity contribution < 1.29 is 24.2 Å². The monoisotopic (exact) mass is 481 g/mol. The van der Waals surface area contributed by atoms with Crippen LogP contribution in [0.15, 0.2) is 48.5 Å². The van der Waals surface area contributed by atoms with Gasteiger partial charge in [0, 0.05) is 19.6 Å². The maximum Gasteiger partial charge on any atom is 0.324 e. The summed E-state index contributed by atoms with van der Waals surface area (Å²) in [4.78, 5) is 26.6. The third kappa shape index (κ3) is 7.44. The minimum absolute atomic E-state index is 0.126. The molecule has 0 saturated carbocycles. The van der Waals surface area contributed by atoms with Crippen molar-refractivity contribution in [2.45, 2.75) is 44.8 Å². The van der Waals surface area contributed by atoms with Crippen LogP contribution in [0.1, 0.15) is 36.8 Å². The molecule has 0 aromatic heterocycles. The molecule has 0 radical (unpaired) electrons. The quantitative estimate of drug-likeness (QED) is 0.400. The molecule has 2 aromatic rings. The Hall–Kier alpha value is -3.10. The molecule has 1 unspecified atom stereocenters. The second-order valence-electron chi connectivity index (χ2n) is 9.58. The Morgan fingerprint density at radius 2 is 1.69 bits per heavy atom. The SMILES string of the molecule is Cc1ccc(OCC2(O)CCCN(Cc3ccc(OCCCN4CC(=O)NC4=O)cc3)CC2)cc1. The van der Waals surface area contributed by atoms with Crippen molar-refractivity contribution in [3.05, 3.63) is 59.7 Å². The number of ether oxygens (including phenoxy) is 2. The topological polar surface area (TPSA) is 91.3 Å². The number of imide groups is 1. The first-order valence-corrected chi connectivity index (χ1v) is 12.3. The summed E-state index contributed by atoms with van der Waals surface area (Å²) in [6, 6.07) is 15.7.